The Morgan fingerprint density at radius 1 is 0.950 bits per heavy atom. The summed E-state index contributed by atoms with van der Waals surface area (Å²) in [5.41, 5.74) is 6.29. The Kier molecular flexibility index (Phi) is 6.82. The van der Waals surface area contributed by atoms with Gasteiger partial charge in [-0.3, -0.25) is 14.4 Å². The first kappa shape index (κ1) is 29.8. The second kappa shape index (κ2) is 9.15. The largest absolute Gasteiger partial charge is 0.436 e. The lowest BCUT2D eigenvalue weighted by atomic mass is 9.33. The number of hydrogen-bond donors (Lipinski definition) is 1. The van der Waals surface area contributed by atoms with Gasteiger partial charge < -0.3 is 15.2 Å². The van der Waals surface area contributed by atoms with Gasteiger partial charge in [0.25, 0.3) is 0 Å². The second-order valence-corrected chi connectivity index (χ2v) is 16.3. The van der Waals surface area contributed by atoms with Crippen molar-refractivity contribution in [1.29, 1.82) is 0 Å². The van der Waals surface area contributed by atoms with E-state index in [1.54, 1.807) is 7.11 Å². The number of nitrogens with two attached hydrogens (primary N) is 1. The fourth-order valence-electron chi connectivity index (χ4n) is 11.4. The van der Waals surface area contributed by atoms with Gasteiger partial charge >= 0.3 is 5.97 Å². The van der Waals surface area contributed by atoms with Crippen molar-refractivity contribution in [1.82, 2.24) is 0 Å². The van der Waals surface area contributed by atoms with Gasteiger partial charge in [-0.25, -0.2) is 0 Å². The number of esters is 1. The molecule has 0 saturated heterocycles. The van der Waals surface area contributed by atoms with Crippen LogP contribution < -0.4 is 5.73 Å². The van der Waals surface area contributed by atoms with Crippen LogP contribution in [0.3, 0.4) is 0 Å². The summed E-state index contributed by atoms with van der Waals surface area (Å²) >= 11 is 0. The van der Waals surface area contributed by atoms with Crippen molar-refractivity contribution in [2.75, 3.05) is 7.11 Å². The smallest absolute Gasteiger partial charge is 0.304 e. The van der Waals surface area contributed by atoms with Crippen molar-refractivity contribution in [2.45, 2.75) is 119 Å². The Morgan fingerprint density at radius 3 is 2.20 bits per heavy atom. The number of carbonyl (C=O) groups excluding carboxylic acids is 3. The van der Waals surface area contributed by atoms with Crippen LogP contribution in [-0.4, -0.2) is 31.1 Å². The Labute approximate surface area is 241 Å². The summed E-state index contributed by atoms with van der Waals surface area (Å²) in [5, 5.41) is 0. The third kappa shape index (κ3) is 3.86. The van der Waals surface area contributed by atoms with Gasteiger partial charge in [0, 0.05) is 31.3 Å². The summed E-state index contributed by atoms with van der Waals surface area (Å²) < 4.78 is 11.4. The second-order valence-electron chi connectivity index (χ2n) is 16.3. The molecule has 0 radical (unpaired) electrons. The van der Waals surface area contributed by atoms with E-state index in [0.717, 1.165) is 57.8 Å². The summed E-state index contributed by atoms with van der Waals surface area (Å²) in [6, 6.07) is 0. The highest BCUT2D eigenvalue weighted by atomic mass is 16.7. The third-order valence-corrected chi connectivity index (χ3v) is 14.1. The molecule has 5 rings (SSSR count). The lowest BCUT2D eigenvalue weighted by Crippen LogP contribution is -2.66. The van der Waals surface area contributed by atoms with Crippen LogP contribution in [0.2, 0.25) is 0 Å². The number of primary amides is 1. The van der Waals surface area contributed by atoms with Crippen molar-refractivity contribution in [3.63, 3.8) is 0 Å². The Balaban J connectivity index is 1.55. The van der Waals surface area contributed by atoms with E-state index in [1.807, 2.05) is 6.92 Å². The van der Waals surface area contributed by atoms with Gasteiger partial charge in [0.2, 0.25) is 12.2 Å². The molecule has 4 saturated carbocycles. The number of carbonyl (C=O) groups is 3. The molecule has 2 unspecified atom stereocenters. The molecular weight excluding hydrogens is 502 g/mol. The summed E-state index contributed by atoms with van der Waals surface area (Å²) in [5.74, 6) is 0.308. The average molecular weight is 556 g/mol. The van der Waals surface area contributed by atoms with Gasteiger partial charge in [-0.2, -0.15) is 0 Å². The predicted octanol–water partition coefficient (Wildman–Crippen LogP) is 6.60. The maximum Gasteiger partial charge on any atom is 0.304 e. The van der Waals surface area contributed by atoms with E-state index in [-0.39, 0.29) is 62.5 Å². The van der Waals surface area contributed by atoms with Gasteiger partial charge in [0.05, 0.1) is 0 Å². The van der Waals surface area contributed by atoms with Crippen LogP contribution in [0.4, 0.5) is 0 Å². The third-order valence-electron chi connectivity index (χ3n) is 14.1. The SMILES string of the molecule is COC(OC(C)=O)[C@@H]1CC[C@@]2(C)C(CC[C@]3(C)[C@@H]2C(=O)C=C2[C@H]4C[C@@](C)(C(N)=O)CC[C@]4(C)CC[C@]23C)C1(C)C. The summed E-state index contributed by atoms with van der Waals surface area (Å²) in [4.78, 5) is 39.0. The molecule has 0 aliphatic heterocycles. The van der Waals surface area contributed by atoms with Crippen LogP contribution >= 0.6 is 0 Å². The maximum absolute atomic E-state index is 14.5. The topological polar surface area (TPSA) is 95.7 Å². The first-order chi connectivity index (χ1) is 18.4. The molecule has 6 heteroatoms. The van der Waals surface area contributed by atoms with E-state index in [9.17, 15) is 14.4 Å². The van der Waals surface area contributed by atoms with Crippen molar-refractivity contribution >= 4 is 17.7 Å². The van der Waals surface area contributed by atoms with E-state index >= 15 is 0 Å². The molecule has 10 atom stereocenters. The fraction of sp³-hybridized carbons (Fsp3) is 0.853. The number of hydrogen-bond acceptors (Lipinski definition) is 5. The molecule has 0 aromatic rings. The zero-order valence-corrected chi connectivity index (χ0v) is 26.4. The number of methoxy groups -OCH3 is 1. The standard InChI is InChI=1S/C34H53NO5/c1-20(36)40-27(39-9)21-10-12-32(6)25(29(21,2)3)11-13-34(8)26(32)24(37)18-22-23-19-31(5,28(35)38)15-14-30(23,4)16-17-33(22,34)7/h18,21,23,25-27H,10-17,19H2,1-9H3,(H2,35,38)/t21-,23+,25?,26+,27?,30+,31-,32-,33+,34+/m0/s1. The zero-order chi connectivity index (χ0) is 29.7. The average Bonchev–Trinajstić information content (AvgIpc) is 2.84. The molecule has 5 aliphatic carbocycles. The van der Waals surface area contributed by atoms with Gasteiger partial charge in [-0.15, -0.1) is 0 Å². The van der Waals surface area contributed by atoms with Gasteiger partial charge in [-0.05, 0) is 103 Å². The first-order valence-electron chi connectivity index (χ1n) is 15.7. The number of ketones is 1. The van der Waals surface area contributed by atoms with Crippen LogP contribution in [0.15, 0.2) is 11.6 Å². The molecule has 0 spiro atoms. The normalized spacial score (nSPS) is 48.4. The molecular formula is C34H53NO5. The van der Waals surface area contributed by atoms with Crippen molar-refractivity contribution in [2.24, 2.45) is 61.9 Å². The van der Waals surface area contributed by atoms with E-state index in [1.165, 1.54) is 12.5 Å². The number of allylic oxidation sites excluding steroid dienone is 2. The number of rotatable bonds is 4. The van der Waals surface area contributed by atoms with Gasteiger partial charge in [0.15, 0.2) is 5.78 Å². The molecule has 2 N–H and O–H groups in total. The minimum absolute atomic E-state index is 0.0575. The van der Waals surface area contributed by atoms with Crippen LogP contribution in [0.1, 0.15) is 113 Å². The van der Waals surface area contributed by atoms with Crippen molar-refractivity contribution < 1.29 is 23.9 Å². The Bertz CT molecular complexity index is 1140. The first-order valence-corrected chi connectivity index (χ1v) is 15.7. The molecule has 40 heavy (non-hydrogen) atoms. The zero-order valence-electron chi connectivity index (χ0n) is 26.4. The lowest BCUT2D eigenvalue weighted by molar-refractivity contribution is -0.234. The summed E-state index contributed by atoms with van der Waals surface area (Å²) in [6.07, 6.45) is 10.1. The molecule has 4 fully saturated rings. The van der Waals surface area contributed by atoms with Crippen molar-refractivity contribution in [3.8, 4) is 0 Å². The summed E-state index contributed by atoms with van der Waals surface area (Å²) in [7, 11) is 1.62. The minimum atomic E-state index is -0.571. The number of ether oxygens (including phenoxy) is 2. The van der Waals surface area contributed by atoms with Crippen LogP contribution in [0.5, 0.6) is 0 Å². The van der Waals surface area contributed by atoms with E-state index in [2.05, 4.69) is 47.6 Å². The Hall–Kier alpha value is -1.69. The molecule has 0 heterocycles. The molecule has 5 aliphatic rings. The molecule has 0 bridgehead atoms. The molecule has 0 aromatic carbocycles. The highest BCUT2D eigenvalue weighted by Gasteiger charge is 2.70. The van der Waals surface area contributed by atoms with E-state index in [0.29, 0.717) is 5.92 Å². The van der Waals surface area contributed by atoms with Crippen LogP contribution in [0, 0.1) is 56.2 Å². The number of amides is 1. The monoisotopic (exact) mass is 555 g/mol. The maximum atomic E-state index is 14.5. The quantitative estimate of drug-likeness (QED) is 0.311. The van der Waals surface area contributed by atoms with Gasteiger partial charge in [0.1, 0.15) is 0 Å². The highest BCUT2D eigenvalue weighted by Crippen LogP contribution is 2.75. The minimum Gasteiger partial charge on any atom is -0.436 e. The van der Waals surface area contributed by atoms with Crippen LogP contribution in [-0.2, 0) is 23.9 Å². The molecule has 1 amide bonds. The molecule has 0 aromatic heterocycles. The van der Waals surface area contributed by atoms with E-state index in [4.69, 9.17) is 15.2 Å². The Morgan fingerprint density at radius 2 is 1.60 bits per heavy atom. The van der Waals surface area contributed by atoms with Gasteiger partial charge in [-0.1, -0.05) is 54.0 Å². The molecule has 6 nitrogen and oxygen atoms in total. The van der Waals surface area contributed by atoms with Crippen molar-refractivity contribution in [3.05, 3.63) is 11.6 Å². The van der Waals surface area contributed by atoms with Crippen LogP contribution in [0.25, 0.3) is 0 Å². The molecule has 224 valence electrons. The fourth-order valence-corrected chi connectivity index (χ4v) is 11.4. The van der Waals surface area contributed by atoms with E-state index < -0.39 is 11.7 Å². The summed E-state index contributed by atoms with van der Waals surface area (Å²) in [6.45, 7) is 17.7. The number of fused-ring (bicyclic) bond motifs is 7. The highest BCUT2D eigenvalue weighted by molar-refractivity contribution is 5.95. The predicted molar refractivity (Wildman–Crippen MR) is 155 cm³/mol. The lowest BCUT2D eigenvalue weighted by Gasteiger charge is -2.70.